The van der Waals surface area contributed by atoms with Crippen molar-refractivity contribution in [2.24, 2.45) is 0 Å². The molecule has 0 aliphatic carbocycles. The van der Waals surface area contributed by atoms with Crippen LogP contribution in [0.25, 0.3) is 0 Å². The third-order valence-electron chi connectivity index (χ3n) is 2.00. The van der Waals surface area contributed by atoms with Gasteiger partial charge in [-0.25, -0.2) is 9.59 Å². The van der Waals surface area contributed by atoms with E-state index in [9.17, 15) is 9.59 Å². The number of nitrogens with one attached hydrogen (secondary N) is 1. The molecule has 0 rings (SSSR count). The zero-order valence-corrected chi connectivity index (χ0v) is 12.4. The molecule has 0 bridgehead atoms. The fraction of sp³-hybridized carbons (Fsp3) is 0.833. The number of rotatable bonds is 6. The van der Waals surface area contributed by atoms with E-state index in [2.05, 4.69) is 10.1 Å². The van der Waals surface area contributed by atoms with Gasteiger partial charge in [-0.3, -0.25) is 0 Å². The van der Waals surface area contributed by atoms with E-state index in [-0.39, 0.29) is 13.4 Å². The first kappa shape index (κ1) is 17.7. The van der Waals surface area contributed by atoms with E-state index in [1.54, 1.807) is 20.8 Å². The third kappa shape index (κ3) is 6.97. The van der Waals surface area contributed by atoms with Crippen LogP contribution in [0.1, 0.15) is 27.7 Å². The Labute approximate surface area is 113 Å². The van der Waals surface area contributed by atoms with Crippen molar-refractivity contribution in [2.75, 3.05) is 27.6 Å². The Bertz CT molecular complexity index is 312. The molecule has 0 aromatic carbocycles. The first-order chi connectivity index (χ1) is 8.64. The average molecular weight is 277 g/mol. The SMILES string of the molecule is COCOC[C@](C)(NC(=O)OC(C)(C)C)C(=O)OC. The Morgan fingerprint density at radius 3 is 2.11 bits per heavy atom. The summed E-state index contributed by atoms with van der Waals surface area (Å²) in [5, 5.41) is 2.44. The number of hydrogen-bond acceptors (Lipinski definition) is 6. The number of ether oxygens (including phenoxy) is 4. The topological polar surface area (TPSA) is 83.1 Å². The third-order valence-corrected chi connectivity index (χ3v) is 2.00. The number of amides is 1. The molecule has 1 N–H and O–H groups in total. The van der Waals surface area contributed by atoms with Crippen molar-refractivity contribution in [3.63, 3.8) is 0 Å². The van der Waals surface area contributed by atoms with Gasteiger partial charge in [-0.2, -0.15) is 0 Å². The Morgan fingerprint density at radius 1 is 1.11 bits per heavy atom. The summed E-state index contributed by atoms with van der Waals surface area (Å²) in [6.45, 7) is 6.57. The summed E-state index contributed by atoms with van der Waals surface area (Å²) in [7, 11) is 2.68. The minimum Gasteiger partial charge on any atom is -0.467 e. The highest BCUT2D eigenvalue weighted by molar-refractivity contribution is 5.85. The zero-order valence-electron chi connectivity index (χ0n) is 12.4. The molecule has 7 nitrogen and oxygen atoms in total. The van der Waals surface area contributed by atoms with Crippen LogP contribution in [0, 0.1) is 0 Å². The van der Waals surface area contributed by atoms with E-state index in [4.69, 9.17) is 14.2 Å². The van der Waals surface area contributed by atoms with Crippen molar-refractivity contribution < 1.29 is 28.5 Å². The lowest BCUT2D eigenvalue weighted by molar-refractivity contribution is -0.152. The molecule has 0 radical (unpaired) electrons. The number of hydrogen-bond donors (Lipinski definition) is 1. The monoisotopic (exact) mass is 277 g/mol. The molecule has 1 atom stereocenters. The van der Waals surface area contributed by atoms with Crippen molar-refractivity contribution in [1.29, 1.82) is 0 Å². The quantitative estimate of drug-likeness (QED) is 0.444. The molecule has 112 valence electrons. The number of carbonyl (C=O) groups is 2. The second-order valence-corrected chi connectivity index (χ2v) is 5.21. The van der Waals surface area contributed by atoms with E-state index in [0.717, 1.165) is 0 Å². The molecule has 7 heteroatoms. The summed E-state index contributed by atoms with van der Waals surface area (Å²) >= 11 is 0. The van der Waals surface area contributed by atoms with Crippen LogP contribution in [0.3, 0.4) is 0 Å². The maximum atomic E-state index is 11.7. The van der Waals surface area contributed by atoms with E-state index in [0.29, 0.717) is 0 Å². The number of methoxy groups -OCH3 is 2. The second-order valence-electron chi connectivity index (χ2n) is 5.21. The lowest BCUT2D eigenvalue weighted by atomic mass is 10.0. The highest BCUT2D eigenvalue weighted by atomic mass is 16.7. The van der Waals surface area contributed by atoms with Gasteiger partial charge in [0.2, 0.25) is 0 Å². The van der Waals surface area contributed by atoms with Crippen LogP contribution in [-0.4, -0.2) is 50.8 Å². The molecule has 1 amide bonds. The lowest BCUT2D eigenvalue weighted by Crippen LogP contribution is -2.57. The van der Waals surface area contributed by atoms with Gasteiger partial charge >= 0.3 is 12.1 Å². The van der Waals surface area contributed by atoms with E-state index < -0.39 is 23.2 Å². The summed E-state index contributed by atoms with van der Waals surface area (Å²) in [5.41, 5.74) is -2.00. The Hall–Kier alpha value is -1.34. The Morgan fingerprint density at radius 2 is 1.68 bits per heavy atom. The number of alkyl carbamates (subject to hydrolysis) is 1. The molecule has 0 spiro atoms. The van der Waals surface area contributed by atoms with Crippen molar-refractivity contribution in [3.05, 3.63) is 0 Å². The molecule has 0 aliphatic rings. The minimum absolute atomic E-state index is 0.00256. The van der Waals surface area contributed by atoms with Crippen LogP contribution >= 0.6 is 0 Å². The molecule has 0 aromatic rings. The smallest absolute Gasteiger partial charge is 0.408 e. The van der Waals surface area contributed by atoms with Crippen LogP contribution in [0.15, 0.2) is 0 Å². The fourth-order valence-electron chi connectivity index (χ4n) is 1.23. The van der Waals surface area contributed by atoms with Crippen molar-refractivity contribution >= 4 is 12.1 Å². The maximum absolute atomic E-state index is 11.7. The van der Waals surface area contributed by atoms with Gasteiger partial charge in [0.1, 0.15) is 12.4 Å². The Kier molecular flexibility index (Phi) is 6.78. The van der Waals surface area contributed by atoms with Crippen LogP contribution in [0.4, 0.5) is 4.79 Å². The van der Waals surface area contributed by atoms with Gasteiger partial charge in [-0.05, 0) is 27.7 Å². The first-order valence-electron chi connectivity index (χ1n) is 5.81. The standard InChI is InChI=1S/C12H23NO6/c1-11(2,3)19-10(15)13-12(4,9(14)17-6)7-18-8-16-5/h7-8H2,1-6H3,(H,13,15)/t12-/m0/s1. The van der Waals surface area contributed by atoms with Gasteiger partial charge in [0.15, 0.2) is 5.54 Å². The van der Waals surface area contributed by atoms with E-state index in [1.165, 1.54) is 21.1 Å². The normalized spacial score (nSPS) is 14.4. The highest BCUT2D eigenvalue weighted by Gasteiger charge is 2.38. The average Bonchev–Trinajstić information content (AvgIpc) is 2.25. The molecule has 0 aromatic heterocycles. The predicted octanol–water partition coefficient (Wildman–Crippen LogP) is 1.06. The largest absolute Gasteiger partial charge is 0.467 e. The molecule has 0 fully saturated rings. The van der Waals surface area contributed by atoms with Crippen LogP contribution in [0.2, 0.25) is 0 Å². The predicted molar refractivity (Wildman–Crippen MR) is 67.6 cm³/mol. The number of esters is 1. The lowest BCUT2D eigenvalue weighted by Gasteiger charge is -2.29. The fourth-order valence-corrected chi connectivity index (χ4v) is 1.23. The molecule has 0 saturated carbocycles. The van der Waals surface area contributed by atoms with Crippen LogP contribution < -0.4 is 5.32 Å². The molecular weight excluding hydrogens is 254 g/mol. The van der Waals surface area contributed by atoms with E-state index >= 15 is 0 Å². The summed E-state index contributed by atoms with van der Waals surface area (Å²) in [6.07, 6.45) is -0.721. The van der Waals surface area contributed by atoms with E-state index in [1.807, 2.05) is 0 Å². The van der Waals surface area contributed by atoms with Gasteiger partial charge in [-0.15, -0.1) is 0 Å². The first-order valence-corrected chi connectivity index (χ1v) is 5.81. The van der Waals surface area contributed by atoms with Gasteiger partial charge in [0, 0.05) is 7.11 Å². The van der Waals surface area contributed by atoms with Crippen LogP contribution in [0.5, 0.6) is 0 Å². The molecule has 19 heavy (non-hydrogen) atoms. The summed E-state index contributed by atoms with van der Waals surface area (Å²) in [5.74, 6) is -0.630. The van der Waals surface area contributed by atoms with Crippen LogP contribution in [-0.2, 0) is 23.7 Å². The molecule has 0 heterocycles. The van der Waals surface area contributed by atoms with Gasteiger partial charge in [0.05, 0.1) is 13.7 Å². The molecular formula is C12H23NO6. The minimum atomic E-state index is -1.34. The van der Waals surface area contributed by atoms with Crippen molar-refractivity contribution in [3.8, 4) is 0 Å². The second kappa shape index (κ2) is 7.30. The van der Waals surface area contributed by atoms with Crippen molar-refractivity contribution in [2.45, 2.75) is 38.8 Å². The molecule has 0 aliphatic heterocycles. The molecule has 0 saturated heterocycles. The zero-order chi connectivity index (χ0) is 15.1. The van der Waals surface area contributed by atoms with Gasteiger partial charge in [-0.1, -0.05) is 0 Å². The summed E-state index contributed by atoms with van der Waals surface area (Å²) in [4.78, 5) is 23.4. The van der Waals surface area contributed by atoms with Gasteiger partial charge < -0.3 is 24.3 Å². The summed E-state index contributed by atoms with van der Waals surface area (Å²) in [6, 6.07) is 0. The van der Waals surface area contributed by atoms with Gasteiger partial charge in [0.25, 0.3) is 0 Å². The maximum Gasteiger partial charge on any atom is 0.408 e. The molecule has 0 unspecified atom stereocenters. The Balaban J connectivity index is 4.67. The van der Waals surface area contributed by atoms with Crippen molar-refractivity contribution in [1.82, 2.24) is 5.32 Å². The summed E-state index contributed by atoms with van der Waals surface area (Å²) < 4.78 is 19.6. The number of carbonyl (C=O) groups excluding carboxylic acids is 2. The highest BCUT2D eigenvalue weighted by Crippen LogP contribution is 2.11.